The Hall–Kier alpha value is -3.15. The molecule has 6 heteroatoms. The normalized spacial score (nSPS) is 10.8. The molecule has 3 aromatic rings. The van der Waals surface area contributed by atoms with Gasteiger partial charge in [0.05, 0.1) is 6.42 Å². The summed E-state index contributed by atoms with van der Waals surface area (Å²) < 4.78 is 18.7. The lowest BCUT2D eigenvalue weighted by Gasteiger charge is -2.17. The van der Waals surface area contributed by atoms with Gasteiger partial charge in [0.25, 0.3) is 0 Å². The molecule has 0 aliphatic rings. The highest BCUT2D eigenvalue weighted by Crippen LogP contribution is 2.21. The van der Waals surface area contributed by atoms with Gasteiger partial charge in [0.2, 0.25) is 5.91 Å². The van der Waals surface area contributed by atoms with Gasteiger partial charge in [-0.1, -0.05) is 35.8 Å². The van der Waals surface area contributed by atoms with E-state index in [2.05, 4.69) is 5.16 Å². The average Bonchev–Trinajstić information content (AvgIpc) is 3.18. The molecular weight excluding hydrogens is 369 g/mol. The number of anilines is 1. The van der Waals surface area contributed by atoms with Crippen LogP contribution in [0.5, 0.6) is 0 Å². The fraction of sp³-hybridized carbons (Fsp3) is 0.304. The van der Waals surface area contributed by atoms with Gasteiger partial charge in [-0.05, 0) is 42.7 Å². The molecule has 2 aromatic carbocycles. The summed E-state index contributed by atoms with van der Waals surface area (Å²) in [5, 5.41) is 4.02. The molecule has 3 rings (SSSR count). The summed E-state index contributed by atoms with van der Waals surface area (Å²) >= 11 is 0. The van der Waals surface area contributed by atoms with Crippen LogP contribution in [0.4, 0.5) is 10.1 Å². The van der Waals surface area contributed by atoms with E-state index < -0.39 is 0 Å². The van der Waals surface area contributed by atoms with Gasteiger partial charge >= 0.3 is 0 Å². The van der Waals surface area contributed by atoms with E-state index in [1.165, 1.54) is 12.1 Å². The van der Waals surface area contributed by atoms with E-state index in [0.717, 1.165) is 43.6 Å². The Bertz CT molecular complexity index is 937. The third-order valence-electron chi connectivity index (χ3n) is 4.86. The molecule has 0 unspecified atom stereocenters. The highest BCUT2D eigenvalue weighted by atomic mass is 19.1. The van der Waals surface area contributed by atoms with E-state index in [1.54, 1.807) is 11.0 Å². The second-order valence-corrected chi connectivity index (χ2v) is 7.23. The van der Waals surface area contributed by atoms with E-state index in [1.807, 2.05) is 43.4 Å². The Morgan fingerprint density at radius 1 is 1.10 bits per heavy atom. The maximum absolute atomic E-state index is 13.3. The van der Waals surface area contributed by atoms with E-state index >= 15 is 0 Å². The molecule has 0 saturated carbocycles. The lowest BCUT2D eigenvalue weighted by molar-refractivity contribution is -0.129. The van der Waals surface area contributed by atoms with E-state index in [4.69, 9.17) is 10.3 Å². The second-order valence-electron chi connectivity index (χ2n) is 7.23. The first-order chi connectivity index (χ1) is 14.0. The average molecular weight is 395 g/mol. The van der Waals surface area contributed by atoms with Crippen LogP contribution in [0, 0.1) is 5.82 Å². The summed E-state index contributed by atoms with van der Waals surface area (Å²) in [6.07, 6.45) is 4.01. The van der Waals surface area contributed by atoms with Crippen molar-refractivity contribution in [1.29, 1.82) is 0 Å². The predicted molar refractivity (Wildman–Crippen MR) is 112 cm³/mol. The Balaban J connectivity index is 1.36. The van der Waals surface area contributed by atoms with Crippen molar-refractivity contribution in [3.63, 3.8) is 0 Å². The number of nitrogens with two attached hydrogens (primary N) is 1. The number of amides is 1. The number of rotatable bonds is 9. The summed E-state index contributed by atoms with van der Waals surface area (Å²) in [5.41, 5.74) is 8.69. The molecule has 5 nitrogen and oxygen atoms in total. The molecule has 0 atom stereocenters. The van der Waals surface area contributed by atoms with Crippen molar-refractivity contribution in [3.8, 4) is 11.3 Å². The van der Waals surface area contributed by atoms with Crippen molar-refractivity contribution in [2.24, 2.45) is 0 Å². The summed E-state index contributed by atoms with van der Waals surface area (Å²) in [5.74, 6) is 0.601. The van der Waals surface area contributed by atoms with E-state index in [-0.39, 0.29) is 11.7 Å². The van der Waals surface area contributed by atoms with Gasteiger partial charge in [-0.25, -0.2) is 4.39 Å². The number of aryl methyl sites for hydroxylation is 1. The standard InChI is InChI=1S/C23H26FN3O2/c1-27(23(28)14-17-9-11-20(25)12-10-17)13-4-2-3-8-21-16-22(26-29-21)18-6-5-7-19(24)15-18/h5-7,9-12,15-16H,2-4,8,13-14,25H2,1H3. The topological polar surface area (TPSA) is 72.4 Å². The van der Waals surface area contributed by atoms with Gasteiger partial charge in [-0.2, -0.15) is 0 Å². The number of likely N-dealkylation sites (N-methyl/N-ethyl adjacent to an activating group) is 1. The lowest BCUT2D eigenvalue weighted by Crippen LogP contribution is -2.29. The number of unbranched alkanes of at least 4 members (excludes halogenated alkanes) is 2. The van der Waals surface area contributed by atoms with Crippen LogP contribution in [-0.2, 0) is 17.6 Å². The summed E-state index contributed by atoms with van der Waals surface area (Å²) in [6.45, 7) is 0.721. The molecule has 2 N–H and O–H groups in total. The SMILES string of the molecule is CN(CCCCCc1cc(-c2cccc(F)c2)no1)C(=O)Cc1ccc(N)cc1. The maximum atomic E-state index is 13.3. The minimum absolute atomic E-state index is 0.102. The van der Waals surface area contributed by atoms with Crippen molar-refractivity contribution in [1.82, 2.24) is 10.1 Å². The van der Waals surface area contributed by atoms with Crippen molar-refractivity contribution >= 4 is 11.6 Å². The molecule has 0 aliphatic heterocycles. The quantitative estimate of drug-likeness (QED) is 0.428. The lowest BCUT2D eigenvalue weighted by atomic mass is 10.1. The number of nitrogens with zero attached hydrogens (tertiary/aromatic N) is 2. The van der Waals surface area contributed by atoms with Gasteiger partial charge in [0.15, 0.2) is 0 Å². The predicted octanol–water partition coefficient (Wildman–Crippen LogP) is 4.48. The van der Waals surface area contributed by atoms with Crippen LogP contribution in [0.25, 0.3) is 11.3 Å². The number of carbonyl (C=O) groups is 1. The molecule has 152 valence electrons. The molecule has 0 spiro atoms. The van der Waals surface area contributed by atoms with E-state index in [0.29, 0.717) is 23.4 Å². The highest BCUT2D eigenvalue weighted by molar-refractivity contribution is 5.78. The Labute approximate surface area is 170 Å². The number of aromatic nitrogens is 1. The Morgan fingerprint density at radius 3 is 2.66 bits per heavy atom. The van der Waals surface area contributed by atoms with Crippen LogP contribution in [0.2, 0.25) is 0 Å². The first kappa shape index (κ1) is 20.6. The zero-order chi connectivity index (χ0) is 20.6. The number of benzene rings is 2. The van der Waals surface area contributed by atoms with Gasteiger partial charge in [0.1, 0.15) is 17.3 Å². The Kier molecular flexibility index (Phi) is 7.00. The van der Waals surface area contributed by atoms with Gasteiger partial charge in [-0.15, -0.1) is 0 Å². The number of hydrogen-bond donors (Lipinski definition) is 1. The largest absolute Gasteiger partial charge is 0.399 e. The molecule has 1 heterocycles. The van der Waals surface area contributed by atoms with Crippen LogP contribution >= 0.6 is 0 Å². The maximum Gasteiger partial charge on any atom is 0.226 e. The molecule has 1 aromatic heterocycles. The fourth-order valence-corrected chi connectivity index (χ4v) is 3.11. The zero-order valence-electron chi connectivity index (χ0n) is 16.6. The van der Waals surface area contributed by atoms with Crippen LogP contribution in [-0.4, -0.2) is 29.6 Å². The summed E-state index contributed by atoms with van der Waals surface area (Å²) in [6, 6.07) is 15.6. The van der Waals surface area contributed by atoms with Crippen LogP contribution in [0.1, 0.15) is 30.6 Å². The molecule has 29 heavy (non-hydrogen) atoms. The van der Waals surface area contributed by atoms with Gasteiger partial charge in [0, 0.05) is 37.3 Å². The number of hydrogen-bond acceptors (Lipinski definition) is 4. The smallest absolute Gasteiger partial charge is 0.226 e. The van der Waals surface area contributed by atoms with Crippen LogP contribution in [0.15, 0.2) is 59.1 Å². The second kappa shape index (κ2) is 9.87. The number of carbonyl (C=O) groups excluding carboxylic acids is 1. The van der Waals surface area contributed by atoms with Crippen molar-refractivity contribution < 1.29 is 13.7 Å². The molecule has 1 amide bonds. The monoisotopic (exact) mass is 395 g/mol. The van der Waals surface area contributed by atoms with Gasteiger partial charge in [-0.3, -0.25) is 4.79 Å². The number of halogens is 1. The molecule has 0 bridgehead atoms. The summed E-state index contributed by atoms with van der Waals surface area (Å²) in [7, 11) is 1.83. The first-order valence-corrected chi connectivity index (χ1v) is 9.81. The van der Waals surface area contributed by atoms with Crippen molar-refractivity contribution in [2.75, 3.05) is 19.3 Å². The minimum atomic E-state index is -0.290. The highest BCUT2D eigenvalue weighted by Gasteiger charge is 2.10. The van der Waals surface area contributed by atoms with Crippen LogP contribution in [0.3, 0.4) is 0 Å². The molecule has 0 saturated heterocycles. The van der Waals surface area contributed by atoms with Gasteiger partial charge < -0.3 is 15.2 Å². The zero-order valence-corrected chi connectivity index (χ0v) is 16.6. The minimum Gasteiger partial charge on any atom is -0.399 e. The third kappa shape index (κ3) is 6.17. The molecular formula is C23H26FN3O2. The fourth-order valence-electron chi connectivity index (χ4n) is 3.11. The Morgan fingerprint density at radius 2 is 1.90 bits per heavy atom. The number of nitrogen functional groups attached to an aromatic ring is 1. The molecule has 0 fully saturated rings. The first-order valence-electron chi connectivity index (χ1n) is 9.81. The molecule has 0 aliphatic carbocycles. The molecule has 0 radical (unpaired) electrons. The van der Waals surface area contributed by atoms with Crippen molar-refractivity contribution in [3.05, 3.63) is 71.7 Å². The van der Waals surface area contributed by atoms with Crippen molar-refractivity contribution in [2.45, 2.75) is 32.1 Å². The third-order valence-corrected chi connectivity index (χ3v) is 4.86. The van der Waals surface area contributed by atoms with E-state index in [9.17, 15) is 9.18 Å². The van der Waals surface area contributed by atoms with Crippen LogP contribution < -0.4 is 5.73 Å². The summed E-state index contributed by atoms with van der Waals surface area (Å²) in [4.78, 5) is 14.1.